The van der Waals surface area contributed by atoms with Crippen LogP contribution in [0.1, 0.15) is 31.0 Å². The fraction of sp³-hybridized carbons (Fsp3) is 0.444. The summed E-state index contributed by atoms with van der Waals surface area (Å²) in [5.41, 5.74) is 1.84. The van der Waals surface area contributed by atoms with Crippen LogP contribution >= 0.6 is 34.5 Å². The van der Waals surface area contributed by atoms with Gasteiger partial charge in [-0.3, -0.25) is 9.69 Å². The molecular weight excluding hydrogens is 377 g/mol. The van der Waals surface area contributed by atoms with Crippen LogP contribution in [0.4, 0.5) is 5.13 Å². The molecule has 7 heteroatoms. The Kier molecular flexibility index (Phi) is 6.34. The number of hydrogen-bond acceptors (Lipinski definition) is 4. The highest BCUT2D eigenvalue weighted by Crippen LogP contribution is 2.24. The topological polar surface area (TPSA) is 45.2 Å². The Balaban J connectivity index is 1.52. The summed E-state index contributed by atoms with van der Waals surface area (Å²) in [5.74, 6) is 0.717. The smallest absolute Gasteiger partial charge is 0.230 e. The van der Waals surface area contributed by atoms with Crippen molar-refractivity contribution in [1.29, 1.82) is 0 Å². The van der Waals surface area contributed by atoms with Crippen LogP contribution in [-0.2, 0) is 17.8 Å². The van der Waals surface area contributed by atoms with E-state index in [1.165, 1.54) is 24.2 Å². The maximum Gasteiger partial charge on any atom is 0.230 e. The van der Waals surface area contributed by atoms with E-state index in [4.69, 9.17) is 23.2 Å². The number of benzene rings is 1. The summed E-state index contributed by atoms with van der Waals surface area (Å²) in [7, 11) is 0. The molecule has 2 aromatic rings. The molecule has 1 N–H and O–H groups in total. The predicted molar refractivity (Wildman–Crippen MR) is 105 cm³/mol. The van der Waals surface area contributed by atoms with Crippen LogP contribution in [0, 0.1) is 5.92 Å². The molecule has 2 heterocycles. The van der Waals surface area contributed by atoms with Crippen LogP contribution in [0.3, 0.4) is 0 Å². The Labute approximate surface area is 162 Å². The summed E-state index contributed by atoms with van der Waals surface area (Å²) in [6.45, 7) is 5.41. The second-order valence-electron chi connectivity index (χ2n) is 6.58. The Hall–Kier alpha value is -1.14. The van der Waals surface area contributed by atoms with E-state index in [0.717, 1.165) is 36.8 Å². The van der Waals surface area contributed by atoms with Crippen LogP contribution in [0.2, 0.25) is 10.0 Å². The van der Waals surface area contributed by atoms with Crippen LogP contribution < -0.4 is 5.32 Å². The standard InChI is InChI=1S/C18H21Cl2N3OS/c1-12-4-6-23(7-5-12)10-14-11-25-18(21-14)22-17(24)9-13-2-3-15(19)16(20)8-13/h2-3,8,11-12H,4-7,9-10H2,1H3,(H,21,22,24). The summed E-state index contributed by atoms with van der Waals surface area (Å²) >= 11 is 13.3. The third-order valence-electron chi connectivity index (χ3n) is 4.41. The van der Waals surface area contributed by atoms with Gasteiger partial charge in [0, 0.05) is 11.9 Å². The molecule has 1 aliphatic rings. The first kappa shape index (κ1) is 18.6. The minimum absolute atomic E-state index is 0.105. The first-order valence-corrected chi connectivity index (χ1v) is 10.0. The number of thiazole rings is 1. The number of halogens is 2. The van der Waals surface area contributed by atoms with Crippen molar-refractivity contribution in [2.75, 3.05) is 18.4 Å². The summed E-state index contributed by atoms with van der Waals surface area (Å²) < 4.78 is 0. The molecule has 0 atom stereocenters. The number of aromatic nitrogens is 1. The quantitative estimate of drug-likeness (QED) is 0.782. The average molecular weight is 398 g/mol. The number of carbonyl (C=O) groups excluding carboxylic acids is 1. The lowest BCUT2D eigenvalue weighted by Crippen LogP contribution is -2.32. The third-order valence-corrected chi connectivity index (χ3v) is 5.95. The largest absolute Gasteiger partial charge is 0.302 e. The molecule has 4 nitrogen and oxygen atoms in total. The summed E-state index contributed by atoms with van der Waals surface area (Å²) in [6.07, 6.45) is 2.74. The molecule has 0 bridgehead atoms. The summed E-state index contributed by atoms with van der Waals surface area (Å²) in [6, 6.07) is 5.22. The first-order chi connectivity index (χ1) is 12.0. The van der Waals surface area contributed by atoms with Gasteiger partial charge in [0.15, 0.2) is 5.13 Å². The van der Waals surface area contributed by atoms with Gasteiger partial charge in [-0.2, -0.15) is 0 Å². The van der Waals surface area contributed by atoms with E-state index in [1.807, 2.05) is 5.38 Å². The third kappa shape index (κ3) is 5.42. The van der Waals surface area contributed by atoms with E-state index < -0.39 is 0 Å². The number of amides is 1. The molecule has 0 unspecified atom stereocenters. The van der Waals surface area contributed by atoms with Crippen molar-refractivity contribution >= 4 is 45.6 Å². The summed E-state index contributed by atoms with van der Waals surface area (Å²) in [5, 5.41) is 6.47. The summed E-state index contributed by atoms with van der Waals surface area (Å²) in [4.78, 5) is 19.1. The molecule has 0 radical (unpaired) electrons. The second-order valence-corrected chi connectivity index (χ2v) is 8.25. The highest BCUT2D eigenvalue weighted by molar-refractivity contribution is 7.13. The van der Waals surface area contributed by atoms with Crippen molar-refractivity contribution in [3.05, 3.63) is 44.9 Å². The van der Waals surface area contributed by atoms with Crippen molar-refractivity contribution in [3.8, 4) is 0 Å². The minimum Gasteiger partial charge on any atom is -0.302 e. The van der Waals surface area contributed by atoms with Crippen LogP contribution in [0.5, 0.6) is 0 Å². The van der Waals surface area contributed by atoms with Crippen molar-refractivity contribution in [3.63, 3.8) is 0 Å². The Morgan fingerprint density at radius 2 is 2.08 bits per heavy atom. The highest BCUT2D eigenvalue weighted by atomic mass is 35.5. The van der Waals surface area contributed by atoms with Gasteiger partial charge in [-0.05, 0) is 49.5 Å². The molecule has 0 saturated carbocycles. The van der Waals surface area contributed by atoms with Gasteiger partial charge in [0.1, 0.15) is 0 Å². The molecule has 1 fully saturated rings. The average Bonchev–Trinajstić information content (AvgIpc) is 3.00. The van der Waals surface area contributed by atoms with E-state index in [2.05, 4.69) is 22.1 Å². The molecule has 1 aliphatic heterocycles. The van der Waals surface area contributed by atoms with E-state index in [1.54, 1.807) is 18.2 Å². The fourth-order valence-electron chi connectivity index (χ4n) is 2.88. The van der Waals surface area contributed by atoms with Crippen LogP contribution in [0.15, 0.2) is 23.6 Å². The monoisotopic (exact) mass is 397 g/mol. The minimum atomic E-state index is -0.105. The number of anilines is 1. The Morgan fingerprint density at radius 1 is 1.32 bits per heavy atom. The van der Waals surface area contributed by atoms with E-state index in [9.17, 15) is 4.79 Å². The fourth-order valence-corrected chi connectivity index (χ4v) is 3.92. The molecule has 0 aliphatic carbocycles. The molecule has 3 rings (SSSR count). The van der Waals surface area contributed by atoms with E-state index in [-0.39, 0.29) is 12.3 Å². The number of carbonyl (C=O) groups is 1. The molecule has 0 spiro atoms. The predicted octanol–water partition coefficient (Wildman–Crippen LogP) is 4.86. The van der Waals surface area contributed by atoms with Crippen molar-refractivity contribution < 1.29 is 4.79 Å². The number of rotatable bonds is 5. The van der Waals surface area contributed by atoms with Crippen molar-refractivity contribution in [2.45, 2.75) is 32.7 Å². The van der Waals surface area contributed by atoms with Gasteiger partial charge >= 0.3 is 0 Å². The molecule has 134 valence electrons. The molecular formula is C18H21Cl2N3OS. The molecule has 1 amide bonds. The van der Waals surface area contributed by atoms with Crippen molar-refractivity contribution in [2.24, 2.45) is 5.92 Å². The van der Waals surface area contributed by atoms with E-state index >= 15 is 0 Å². The number of piperidine rings is 1. The van der Waals surface area contributed by atoms with Gasteiger partial charge in [0.25, 0.3) is 0 Å². The van der Waals surface area contributed by atoms with Gasteiger partial charge in [-0.25, -0.2) is 4.98 Å². The number of likely N-dealkylation sites (tertiary alicyclic amines) is 1. The SMILES string of the molecule is CC1CCN(Cc2csc(NC(=O)Cc3ccc(Cl)c(Cl)c3)n2)CC1. The van der Waals surface area contributed by atoms with E-state index in [0.29, 0.717) is 15.2 Å². The zero-order valence-corrected chi connectivity index (χ0v) is 16.4. The lowest BCUT2D eigenvalue weighted by atomic mass is 9.99. The maximum atomic E-state index is 12.2. The van der Waals surface area contributed by atoms with Crippen molar-refractivity contribution in [1.82, 2.24) is 9.88 Å². The zero-order chi connectivity index (χ0) is 17.8. The maximum absolute atomic E-state index is 12.2. The molecule has 1 aromatic carbocycles. The van der Waals surface area contributed by atoms with Gasteiger partial charge < -0.3 is 5.32 Å². The van der Waals surface area contributed by atoms with Gasteiger partial charge in [-0.15, -0.1) is 11.3 Å². The Bertz CT molecular complexity index is 742. The lowest BCUT2D eigenvalue weighted by Gasteiger charge is -2.29. The normalized spacial score (nSPS) is 16.1. The van der Waals surface area contributed by atoms with Crippen LogP contribution in [0.25, 0.3) is 0 Å². The van der Waals surface area contributed by atoms with Gasteiger partial charge in [-0.1, -0.05) is 36.2 Å². The zero-order valence-electron chi connectivity index (χ0n) is 14.1. The number of hydrogen-bond donors (Lipinski definition) is 1. The Morgan fingerprint density at radius 3 is 2.80 bits per heavy atom. The molecule has 25 heavy (non-hydrogen) atoms. The number of nitrogens with zero attached hydrogens (tertiary/aromatic N) is 2. The lowest BCUT2D eigenvalue weighted by molar-refractivity contribution is -0.115. The van der Waals surface area contributed by atoms with Gasteiger partial charge in [0.05, 0.1) is 22.2 Å². The highest BCUT2D eigenvalue weighted by Gasteiger charge is 2.17. The first-order valence-electron chi connectivity index (χ1n) is 8.40. The van der Waals surface area contributed by atoms with Gasteiger partial charge in [0.2, 0.25) is 5.91 Å². The number of nitrogens with one attached hydrogen (secondary N) is 1. The second kappa shape index (κ2) is 8.49. The van der Waals surface area contributed by atoms with Crippen LogP contribution in [-0.4, -0.2) is 28.9 Å². The molecule has 1 aromatic heterocycles. The molecule has 1 saturated heterocycles.